The lowest BCUT2D eigenvalue weighted by atomic mass is 10.1. The second kappa shape index (κ2) is 8.17. The van der Waals surface area contributed by atoms with Crippen LogP contribution in [-0.2, 0) is 16.1 Å². The number of primary amides is 1. The minimum absolute atomic E-state index is 0.0247. The summed E-state index contributed by atoms with van der Waals surface area (Å²) >= 11 is 0.261. The van der Waals surface area contributed by atoms with Crippen LogP contribution in [0.15, 0.2) is 59.8 Å². The highest BCUT2D eigenvalue weighted by Gasteiger charge is 2.22. The predicted molar refractivity (Wildman–Crippen MR) is 98.1 cm³/mol. The van der Waals surface area contributed by atoms with Crippen LogP contribution in [0.25, 0.3) is 11.0 Å². The van der Waals surface area contributed by atoms with E-state index in [1.807, 2.05) is 0 Å². The van der Waals surface area contributed by atoms with Gasteiger partial charge < -0.3 is 15.6 Å². The van der Waals surface area contributed by atoms with Crippen molar-refractivity contribution in [3.63, 3.8) is 0 Å². The number of hydrogen-bond donors (Lipinski definition) is 2. The van der Waals surface area contributed by atoms with Crippen molar-refractivity contribution in [1.82, 2.24) is 14.9 Å². The molecule has 1 heterocycles. The molecule has 27 heavy (non-hydrogen) atoms. The normalized spacial score (nSPS) is 12.3. The molecule has 0 saturated carbocycles. The summed E-state index contributed by atoms with van der Waals surface area (Å²) < 4.78 is 27.1. The zero-order valence-electron chi connectivity index (χ0n) is 14.0. The Hall–Kier alpha value is -2.94. The van der Waals surface area contributed by atoms with Gasteiger partial charge in [-0.1, -0.05) is 42.5 Å². The van der Waals surface area contributed by atoms with Crippen LogP contribution in [0, 0.1) is 0 Å². The van der Waals surface area contributed by atoms with Crippen molar-refractivity contribution in [1.29, 1.82) is 0 Å². The Labute approximate surface area is 157 Å². The van der Waals surface area contributed by atoms with Crippen LogP contribution in [0.5, 0.6) is 0 Å². The first-order chi connectivity index (χ1) is 13.0. The minimum Gasteiger partial charge on any atom is -0.368 e. The van der Waals surface area contributed by atoms with Gasteiger partial charge in [0.1, 0.15) is 12.6 Å². The number of carbonyl (C=O) groups excluding carboxylic acids is 2. The summed E-state index contributed by atoms with van der Waals surface area (Å²) in [5, 5.41) is 2.58. The van der Waals surface area contributed by atoms with Crippen LogP contribution in [0.3, 0.4) is 0 Å². The quantitative estimate of drug-likeness (QED) is 0.607. The molecule has 9 heteroatoms. The summed E-state index contributed by atoms with van der Waals surface area (Å²) in [7, 11) is 0. The van der Waals surface area contributed by atoms with Gasteiger partial charge >= 0.3 is 0 Å². The molecule has 140 valence electrons. The molecule has 0 bridgehead atoms. The standard InChI is InChI=1S/C18H16F2N4O2S/c19-17(20)27-18-22-12-8-4-5-9-13(12)24(18)10-14(25)23-15(16(21)26)11-6-2-1-3-7-11/h1-9,15,17H,10H2,(H2,21,26)(H,23,25). The number of thioether (sulfide) groups is 1. The van der Waals surface area contributed by atoms with Gasteiger partial charge in [0.15, 0.2) is 5.16 Å². The van der Waals surface area contributed by atoms with Crippen LogP contribution in [0.2, 0.25) is 0 Å². The summed E-state index contributed by atoms with van der Waals surface area (Å²) in [5.74, 6) is -3.93. The second-order valence-corrected chi connectivity index (χ2v) is 6.62. The number of alkyl halides is 2. The Morgan fingerprint density at radius 2 is 1.78 bits per heavy atom. The van der Waals surface area contributed by atoms with Gasteiger partial charge in [0.25, 0.3) is 5.76 Å². The van der Waals surface area contributed by atoms with Gasteiger partial charge in [0.2, 0.25) is 11.8 Å². The lowest BCUT2D eigenvalue weighted by Gasteiger charge is -2.17. The summed E-state index contributed by atoms with van der Waals surface area (Å²) in [6.45, 7) is -0.272. The van der Waals surface area contributed by atoms with E-state index in [4.69, 9.17) is 5.73 Å². The molecular weight excluding hydrogens is 374 g/mol. The Morgan fingerprint density at radius 3 is 2.44 bits per heavy atom. The van der Waals surface area contributed by atoms with E-state index in [1.54, 1.807) is 54.6 Å². The predicted octanol–water partition coefficient (Wildman–Crippen LogP) is 2.69. The number of para-hydroxylation sites is 2. The van der Waals surface area contributed by atoms with Crippen LogP contribution in [0.1, 0.15) is 11.6 Å². The third-order valence-corrected chi connectivity index (χ3v) is 4.54. The average molecular weight is 390 g/mol. The third kappa shape index (κ3) is 4.43. The van der Waals surface area contributed by atoms with Crippen LogP contribution in [-0.4, -0.2) is 27.1 Å². The summed E-state index contributed by atoms with van der Waals surface area (Å²) in [6, 6.07) is 14.4. The van der Waals surface area contributed by atoms with E-state index in [-0.39, 0.29) is 23.5 Å². The molecule has 2 aromatic carbocycles. The molecule has 0 aliphatic rings. The number of rotatable bonds is 7. The average Bonchev–Trinajstić information content (AvgIpc) is 2.97. The van der Waals surface area contributed by atoms with E-state index < -0.39 is 23.6 Å². The molecule has 0 radical (unpaired) electrons. The van der Waals surface area contributed by atoms with Crippen LogP contribution >= 0.6 is 11.8 Å². The highest BCUT2D eigenvalue weighted by atomic mass is 32.2. The van der Waals surface area contributed by atoms with Crippen LogP contribution < -0.4 is 11.1 Å². The number of aromatic nitrogens is 2. The SMILES string of the molecule is NC(=O)C(NC(=O)Cn1c(SC(F)F)nc2ccccc21)c1ccccc1. The molecule has 2 amide bonds. The van der Waals surface area contributed by atoms with Gasteiger partial charge in [-0.05, 0) is 29.5 Å². The molecular formula is C18H16F2N4O2S. The summed E-state index contributed by atoms with van der Waals surface area (Å²) in [6.07, 6.45) is 0. The number of nitrogens with zero attached hydrogens (tertiary/aromatic N) is 2. The van der Waals surface area contributed by atoms with Crippen molar-refractivity contribution in [2.24, 2.45) is 5.73 Å². The first-order valence-corrected chi connectivity index (χ1v) is 8.87. The molecule has 0 saturated heterocycles. The smallest absolute Gasteiger partial charge is 0.291 e. The Bertz CT molecular complexity index is 962. The molecule has 1 aromatic heterocycles. The number of nitrogens with two attached hydrogens (primary N) is 1. The number of benzene rings is 2. The van der Waals surface area contributed by atoms with Gasteiger partial charge in [-0.15, -0.1) is 0 Å². The molecule has 0 fully saturated rings. The highest BCUT2D eigenvalue weighted by Crippen LogP contribution is 2.28. The van der Waals surface area contributed by atoms with Crippen molar-refractivity contribution in [3.05, 3.63) is 60.2 Å². The first kappa shape index (κ1) is 18.8. The molecule has 1 unspecified atom stereocenters. The summed E-state index contributed by atoms with van der Waals surface area (Å²) in [4.78, 5) is 28.4. The lowest BCUT2D eigenvalue weighted by Crippen LogP contribution is -2.39. The first-order valence-electron chi connectivity index (χ1n) is 7.99. The fourth-order valence-corrected chi connectivity index (χ4v) is 3.29. The van der Waals surface area contributed by atoms with Crippen molar-refractivity contribution in [2.75, 3.05) is 0 Å². The zero-order chi connectivity index (χ0) is 19.4. The number of hydrogen-bond acceptors (Lipinski definition) is 4. The molecule has 6 nitrogen and oxygen atoms in total. The fraction of sp³-hybridized carbons (Fsp3) is 0.167. The molecule has 1 atom stereocenters. The Morgan fingerprint density at radius 1 is 1.11 bits per heavy atom. The maximum Gasteiger partial charge on any atom is 0.291 e. The topological polar surface area (TPSA) is 90.0 Å². The minimum atomic E-state index is -2.67. The molecule has 0 aliphatic heterocycles. The van der Waals surface area contributed by atoms with Crippen LogP contribution in [0.4, 0.5) is 8.78 Å². The van der Waals surface area contributed by atoms with Gasteiger partial charge in [0.05, 0.1) is 11.0 Å². The second-order valence-electron chi connectivity index (χ2n) is 5.66. The van der Waals surface area contributed by atoms with Gasteiger partial charge in [-0.2, -0.15) is 8.78 Å². The molecule has 0 spiro atoms. The zero-order valence-corrected chi connectivity index (χ0v) is 14.8. The number of imidazole rings is 1. The number of amides is 2. The number of halogens is 2. The lowest BCUT2D eigenvalue weighted by molar-refractivity contribution is -0.127. The summed E-state index contributed by atoms with van der Waals surface area (Å²) in [5.41, 5.74) is 6.99. The van der Waals surface area contributed by atoms with Gasteiger partial charge in [0, 0.05) is 0 Å². The van der Waals surface area contributed by atoms with E-state index >= 15 is 0 Å². The van der Waals surface area contributed by atoms with Crippen molar-refractivity contribution < 1.29 is 18.4 Å². The molecule has 3 rings (SSSR count). The van der Waals surface area contributed by atoms with E-state index in [2.05, 4.69) is 10.3 Å². The van der Waals surface area contributed by atoms with E-state index in [0.29, 0.717) is 16.6 Å². The fourth-order valence-electron chi connectivity index (χ4n) is 2.69. The molecule has 3 N–H and O–H groups in total. The Kier molecular flexibility index (Phi) is 5.70. The van der Waals surface area contributed by atoms with E-state index in [0.717, 1.165) is 0 Å². The van der Waals surface area contributed by atoms with E-state index in [9.17, 15) is 18.4 Å². The van der Waals surface area contributed by atoms with E-state index in [1.165, 1.54) is 4.57 Å². The van der Waals surface area contributed by atoms with Crippen molar-refractivity contribution in [2.45, 2.75) is 23.5 Å². The number of carbonyl (C=O) groups is 2. The Balaban J connectivity index is 1.86. The highest BCUT2D eigenvalue weighted by molar-refractivity contribution is 7.99. The largest absolute Gasteiger partial charge is 0.368 e. The van der Waals surface area contributed by atoms with Crippen molar-refractivity contribution in [3.8, 4) is 0 Å². The monoisotopic (exact) mass is 390 g/mol. The molecule has 0 aliphatic carbocycles. The molecule has 3 aromatic rings. The number of nitrogens with one attached hydrogen (secondary N) is 1. The maximum atomic E-state index is 12.9. The third-order valence-electron chi connectivity index (χ3n) is 3.84. The number of fused-ring (bicyclic) bond motifs is 1. The van der Waals surface area contributed by atoms with Gasteiger partial charge in [-0.25, -0.2) is 4.98 Å². The van der Waals surface area contributed by atoms with Gasteiger partial charge in [-0.3, -0.25) is 9.59 Å². The maximum absolute atomic E-state index is 12.9. The van der Waals surface area contributed by atoms with Crippen molar-refractivity contribution >= 4 is 34.6 Å².